The van der Waals surface area contributed by atoms with E-state index in [0.717, 1.165) is 5.56 Å². The molecular weight excluding hydrogens is 232 g/mol. The Morgan fingerprint density at radius 1 is 1.22 bits per heavy atom. The van der Waals surface area contributed by atoms with E-state index in [0.29, 0.717) is 23.1 Å². The predicted octanol–water partition coefficient (Wildman–Crippen LogP) is 2.08. The Morgan fingerprint density at radius 3 is 2.78 bits per heavy atom. The highest BCUT2D eigenvalue weighted by Gasteiger charge is 2.07. The fourth-order valence-corrected chi connectivity index (χ4v) is 1.48. The van der Waals surface area contributed by atoms with Crippen molar-refractivity contribution in [3.05, 3.63) is 41.9 Å². The molecule has 1 aromatic heterocycles. The fraction of sp³-hybridized carbons (Fsp3) is 0.231. The number of ether oxygens (including phenoxy) is 2. The van der Waals surface area contributed by atoms with Crippen LogP contribution < -0.4 is 9.47 Å². The number of hydrogen-bond donors (Lipinski definition) is 1. The van der Waals surface area contributed by atoms with Crippen LogP contribution in [-0.2, 0) is 6.61 Å². The first-order valence-corrected chi connectivity index (χ1v) is 5.47. The first-order valence-electron chi connectivity index (χ1n) is 5.47. The highest BCUT2D eigenvalue weighted by Crippen LogP contribution is 2.31. The summed E-state index contributed by atoms with van der Waals surface area (Å²) in [5.41, 5.74) is 1.54. The van der Waals surface area contributed by atoms with Gasteiger partial charge in [0.1, 0.15) is 0 Å². The standard InChI is InChI=1S/C13H14N2O3/c1-9-3-4-11(12(5-9)17-2)18-13-7-14-6-10(8-16)15-13/h3-7,16H,8H2,1-2H3. The number of aliphatic hydroxyl groups excluding tert-OH is 1. The lowest BCUT2D eigenvalue weighted by molar-refractivity contribution is 0.274. The minimum Gasteiger partial charge on any atom is -0.493 e. The average molecular weight is 246 g/mol. The molecule has 5 nitrogen and oxygen atoms in total. The van der Waals surface area contributed by atoms with Gasteiger partial charge in [0.2, 0.25) is 5.88 Å². The maximum absolute atomic E-state index is 8.98. The molecule has 94 valence electrons. The van der Waals surface area contributed by atoms with E-state index in [9.17, 15) is 0 Å². The van der Waals surface area contributed by atoms with Crippen LogP contribution in [0.25, 0.3) is 0 Å². The maximum Gasteiger partial charge on any atom is 0.238 e. The lowest BCUT2D eigenvalue weighted by Gasteiger charge is -2.10. The van der Waals surface area contributed by atoms with Gasteiger partial charge in [-0.3, -0.25) is 4.98 Å². The molecule has 0 atom stereocenters. The molecule has 0 aliphatic rings. The van der Waals surface area contributed by atoms with Crippen LogP contribution in [0.3, 0.4) is 0 Å². The first-order chi connectivity index (χ1) is 8.72. The third kappa shape index (κ3) is 2.75. The number of methoxy groups -OCH3 is 1. The summed E-state index contributed by atoms with van der Waals surface area (Å²) >= 11 is 0. The number of aliphatic hydroxyl groups is 1. The topological polar surface area (TPSA) is 64.5 Å². The van der Waals surface area contributed by atoms with Gasteiger partial charge in [0.25, 0.3) is 0 Å². The van der Waals surface area contributed by atoms with E-state index in [1.165, 1.54) is 12.4 Å². The Morgan fingerprint density at radius 2 is 2.06 bits per heavy atom. The summed E-state index contributed by atoms with van der Waals surface area (Å²) < 4.78 is 10.8. The van der Waals surface area contributed by atoms with E-state index in [4.69, 9.17) is 14.6 Å². The van der Waals surface area contributed by atoms with Crippen LogP contribution in [-0.4, -0.2) is 22.2 Å². The molecule has 0 aliphatic heterocycles. The van der Waals surface area contributed by atoms with E-state index >= 15 is 0 Å². The van der Waals surface area contributed by atoms with Gasteiger partial charge in [-0.05, 0) is 24.6 Å². The van der Waals surface area contributed by atoms with Crippen molar-refractivity contribution >= 4 is 0 Å². The number of nitrogens with zero attached hydrogens (tertiary/aromatic N) is 2. The van der Waals surface area contributed by atoms with Gasteiger partial charge in [-0.25, -0.2) is 4.98 Å². The molecule has 0 amide bonds. The van der Waals surface area contributed by atoms with Gasteiger partial charge in [0.05, 0.1) is 31.8 Å². The largest absolute Gasteiger partial charge is 0.493 e. The van der Waals surface area contributed by atoms with Crippen LogP contribution in [0.15, 0.2) is 30.6 Å². The molecule has 0 radical (unpaired) electrons. The van der Waals surface area contributed by atoms with Gasteiger partial charge < -0.3 is 14.6 Å². The Kier molecular flexibility index (Phi) is 3.74. The van der Waals surface area contributed by atoms with Gasteiger partial charge in [-0.2, -0.15) is 0 Å². The molecular formula is C13H14N2O3. The number of benzene rings is 1. The number of hydrogen-bond acceptors (Lipinski definition) is 5. The van der Waals surface area contributed by atoms with E-state index in [2.05, 4.69) is 9.97 Å². The summed E-state index contributed by atoms with van der Waals surface area (Å²) in [7, 11) is 1.58. The third-order valence-corrected chi connectivity index (χ3v) is 2.36. The highest BCUT2D eigenvalue weighted by atomic mass is 16.5. The number of aromatic nitrogens is 2. The zero-order chi connectivity index (χ0) is 13.0. The molecule has 1 aromatic carbocycles. The SMILES string of the molecule is COc1cc(C)ccc1Oc1cncc(CO)n1. The smallest absolute Gasteiger partial charge is 0.238 e. The first kappa shape index (κ1) is 12.3. The summed E-state index contributed by atoms with van der Waals surface area (Å²) in [4.78, 5) is 8.03. The molecule has 18 heavy (non-hydrogen) atoms. The van der Waals surface area contributed by atoms with Crippen LogP contribution in [0.2, 0.25) is 0 Å². The van der Waals surface area contributed by atoms with Crippen LogP contribution >= 0.6 is 0 Å². The molecule has 2 rings (SSSR count). The monoisotopic (exact) mass is 246 g/mol. The molecule has 0 spiro atoms. The second kappa shape index (κ2) is 5.46. The molecule has 0 unspecified atom stereocenters. The summed E-state index contributed by atoms with van der Waals surface area (Å²) in [5.74, 6) is 1.52. The molecule has 0 saturated heterocycles. The predicted molar refractivity (Wildman–Crippen MR) is 65.8 cm³/mol. The van der Waals surface area contributed by atoms with Crippen LogP contribution in [0.4, 0.5) is 0 Å². The lowest BCUT2D eigenvalue weighted by Crippen LogP contribution is -1.96. The van der Waals surface area contributed by atoms with Crippen molar-refractivity contribution in [2.75, 3.05) is 7.11 Å². The van der Waals surface area contributed by atoms with Crippen molar-refractivity contribution in [2.45, 2.75) is 13.5 Å². The molecule has 1 N–H and O–H groups in total. The van der Waals surface area contributed by atoms with E-state index < -0.39 is 0 Å². The number of rotatable bonds is 4. The molecule has 0 saturated carbocycles. The van der Waals surface area contributed by atoms with Crippen LogP contribution in [0.5, 0.6) is 17.4 Å². The Hall–Kier alpha value is -2.14. The average Bonchev–Trinajstić information content (AvgIpc) is 2.41. The van der Waals surface area contributed by atoms with Gasteiger partial charge in [0.15, 0.2) is 11.5 Å². The van der Waals surface area contributed by atoms with Crippen molar-refractivity contribution in [3.8, 4) is 17.4 Å². The van der Waals surface area contributed by atoms with Gasteiger partial charge in [-0.1, -0.05) is 6.07 Å². The molecule has 0 bridgehead atoms. The van der Waals surface area contributed by atoms with Gasteiger partial charge in [-0.15, -0.1) is 0 Å². The second-order valence-corrected chi connectivity index (χ2v) is 3.76. The van der Waals surface area contributed by atoms with E-state index in [1.54, 1.807) is 7.11 Å². The molecule has 0 fully saturated rings. The van der Waals surface area contributed by atoms with Crippen molar-refractivity contribution in [1.29, 1.82) is 0 Å². The third-order valence-electron chi connectivity index (χ3n) is 2.36. The Labute approximate surface area is 105 Å². The van der Waals surface area contributed by atoms with Crippen LogP contribution in [0.1, 0.15) is 11.3 Å². The quantitative estimate of drug-likeness (QED) is 0.894. The summed E-state index contributed by atoms with van der Waals surface area (Å²) in [6.07, 6.45) is 2.97. The maximum atomic E-state index is 8.98. The highest BCUT2D eigenvalue weighted by molar-refractivity contribution is 5.44. The van der Waals surface area contributed by atoms with Gasteiger partial charge in [0, 0.05) is 0 Å². The zero-order valence-corrected chi connectivity index (χ0v) is 10.3. The van der Waals surface area contributed by atoms with Crippen molar-refractivity contribution in [2.24, 2.45) is 0 Å². The normalized spacial score (nSPS) is 10.2. The number of aryl methyl sites for hydroxylation is 1. The molecule has 1 heterocycles. The summed E-state index contributed by atoms with van der Waals surface area (Å²) in [5, 5.41) is 8.98. The molecule has 2 aromatic rings. The zero-order valence-electron chi connectivity index (χ0n) is 10.3. The second-order valence-electron chi connectivity index (χ2n) is 3.76. The van der Waals surface area contributed by atoms with E-state index in [-0.39, 0.29) is 6.61 Å². The minimum absolute atomic E-state index is 0.171. The minimum atomic E-state index is -0.171. The summed E-state index contributed by atoms with van der Waals surface area (Å²) in [6.45, 7) is 1.80. The molecule has 0 aliphatic carbocycles. The van der Waals surface area contributed by atoms with E-state index in [1.807, 2.05) is 25.1 Å². The molecule has 5 heteroatoms. The fourth-order valence-electron chi connectivity index (χ4n) is 1.48. The Bertz CT molecular complexity index is 544. The van der Waals surface area contributed by atoms with Crippen molar-refractivity contribution in [1.82, 2.24) is 9.97 Å². The Balaban J connectivity index is 2.27. The summed E-state index contributed by atoms with van der Waals surface area (Å²) in [6, 6.07) is 5.60. The van der Waals surface area contributed by atoms with Crippen molar-refractivity contribution < 1.29 is 14.6 Å². The lowest BCUT2D eigenvalue weighted by atomic mass is 10.2. The van der Waals surface area contributed by atoms with Crippen LogP contribution in [0, 0.1) is 6.92 Å². The van der Waals surface area contributed by atoms with Crippen molar-refractivity contribution in [3.63, 3.8) is 0 Å². The van der Waals surface area contributed by atoms with Gasteiger partial charge >= 0.3 is 0 Å².